The molecule has 2 aliphatic rings. The van der Waals surface area contributed by atoms with Crippen LogP contribution in [-0.4, -0.2) is 41.4 Å². The topological polar surface area (TPSA) is 113 Å². The Kier molecular flexibility index (Phi) is 5.59. The number of aromatic nitrogens is 2. The zero-order chi connectivity index (χ0) is 20.2. The summed E-state index contributed by atoms with van der Waals surface area (Å²) < 4.78 is 0. The first-order valence-electron chi connectivity index (χ1n) is 10.2. The van der Waals surface area contributed by atoms with Gasteiger partial charge in [-0.05, 0) is 43.7 Å². The second-order valence-corrected chi connectivity index (χ2v) is 7.67. The number of piperidine rings is 1. The van der Waals surface area contributed by atoms with Crippen molar-refractivity contribution in [2.24, 2.45) is 11.7 Å². The van der Waals surface area contributed by atoms with Crippen molar-refractivity contribution in [3.05, 3.63) is 41.6 Å². The van der Waals surface area contributed by atoms with Crippen molar-refractivity contribution in [3.8, 4) is 0 Å². The minimum Gasteiger partial charge on any atom is -0.371 e. The van der Waals surface area contributed by atoms with Gasteiger partial charge in [0, 0.05) is 31.4 Å². The number of rotatable bonds is 1. The van der Waals surface area contributed by atoms with Gasteiger partial charge in [-0.25, -0.2) is 4.98 Å². The van der Waals surface area contributed by atoms with Crippen LogP contribution in [0.2, 0.25) is 0 Å². The second kappa shape index (κ2) is 8.46. The first kappa shape index (κ1) is 19.2. The molecule has 152 valence electrons. The number of carbonyl (C=O) groups is 2. The number of carbonyl (C=O) groups excluding carboxylic acids is 2. The maximum absolute atomic E-state index is 13.1. The molecule has 4 rings (SSSR count). The standard InChI is InChI=1S/C21H26N6O2/c22-19(28)16-12-18-25-20(29)15-8-1-2-9-17(15)27-11-5-7-14(13-27)6-3-4-10-23-21(24-16)26-18/h1-2,8-9,12,14H,3-7,10-11,13H2,(H2,22,28)(H2,23,24,25,26,29). The van der Waals surface area contributed by atoms with E-state index >= 15 is 0 Å². The van der Waals surface area contributed by atoms with Crippen LogP contribution in [-0.2, 0) is 0 Å². The minimum atomic E-state index is -0.663. The third-order valence-corrected chi connectivity index (χ3v) is 5.55. The lowest BCUT2D eigenvalue weighted by atomic mass is 9.92. The molecule has 0 spiro atoms. The minimum absolute atomic E-state index is 0.0648. The van der Waals surface area contributed by atoms with E-state index in [0.29, 0.717) is 24.0 Å². The molecule has 4 bridgehead atoms. The monoisotopic (exact) mass is 394 g/mol. The maximum atomic E-state index is 13.1. The van der Waals surface area contributed by atoms with Gasteiger partial charge in [-0.3, -0.25) is 9.59 Å². The summed E-state index contributed by atoms with van der Waals surface area (Å²) >= 11 is 0. The first-order valence-corrected chi connectivity index (χ1v) is 10.2. The van der Waals surface area contributed by atoms with E-state index in [4.69, 9.17) is 5.73 Å². The molecule has 1 saturated heterocycles. The van der Waals surface area contributed by atoms with Gasteiger partial charge in [0.25, 0.3) is 11.8 Å². The van der Waals surface area contributed by atoms with Gasteiger partial charge in [-0.15, -0.1) is 0 Å². The summed E-state index contributed by atoms with van der Waals surface area (Å²) in [4.78, 5) is 35.5. The number of nitrogens with two attached hydrogens (primary N) is 1. The Balaban J connectivity index is 1.70. The van der Waals surface area contributed by atoms with Gasteiger partial charge in [0.2, 0.25) is 5.95 Å². The van der Waals surface area contributed by atoms with Crippen LogP contribution < -0.4 is 21.3 Å². The highest BCUT2D eigenvalue weighted by molar-refractivity contribution is 6.08. The number of fused-ring (bicyclic) bond motifs is 6. The van der Waals surface area contributed by atoms with E-state index in [1.165, 1.54) is 12.5 Å². The van der Waals surface area contributed by atoms with Gasteiger partial charge >= 0.3 is 0 Å². The molecular formula is C21H26N6O2. The van der Waals surface area contributed by atoms with Gasteiger partial charge in [0.1, 0.15) is 11.5 Å². The van der Waals surface area contributed by atoms with Crippen LogP contribution in [0.5, 0.6) is 0 Å². The molecule has 0 radical (unpaired) electrons. The van der Waals surface area contributed by atoms with E-state index < -0.39 is 5.91 Å². The van der Waals surface area contributed by atoms with Crippen LogP contribution in [0.4, 0.5) is 17.5 Å². The number of hydrogen-bond acceptors (Lipinski definition) is 6. The summed E-state index contributed by atoms with van der Waals surface area (Å²) in [6.07, 6.45) is 5.60. The Labute approximate surface area is 169 Å². The molecule has 1 fully saturated rings. The normalized spacial score (nSPS) is 19.8. The molecule has 8 nitrogen and oxygen atoms in total. The lowest BCUT2D eigenvalue weighted by Crippen LogP contribution is -2.36. The van der Waals surface area contributed by atoms with E-state index in [-0.39, 0.29) is 17.4 Å². The van der Waals surface area contributed by atoms with Gasteiger partial charge in [-0.2, -0.15) is 4.98 Å². The van der Waals surface area contributed by atoms with Gasteiger partial charge in [-0.1, -0.05) is 18.6 Å². The predicted octanol–water partition coefficient (Wildman–Crippen LogP) is 2.64. The third kappa shape index (κ3) is 4.47. The van der Waals surface area contributed by atoms with E-state index in [2.05, 4.69) is 25.5 Å². The van der Waals surface area contributed by atoms with Crippen LogP contribution in [0.25, 0.3) is 0 Å². The molecule has 2 amide bonds. The van der Waals surface area contributed by atoms with Crippen molar-refractivity contribution in [2.45, 2.75) is 32.1 Å². The van der Waals surface area contributed by atoms with Crippen molar-refractivity contribution in [1.82, 2.24) is 9.97 Å². The van der Waals surface area contributed by atoms with E-state index in [9.17, 15) is 9.59 Å². The zero-order valence-corrected chi connectivity index (χ0v) is 16.4. The Morgan fingerprint density at radius 2 is 1.97 bits per heavy atom. The molecule has 0 aliphatic carbocycles. The maximum Gasteiger partial charge on any atom is 0.267 e. The van der Waals surface area contributed by atoms with Crippen molar-refractivity contribution < 1.29 is 9.59 Å². The van der Waals surface area contributed by atoms with E-state index in [0.717, 1.165) is 44.5 Å². The van der Waals surface area contributed by atoms with Gasteiger partial charge in [0.05, 0.1) is 5.56 Å². The van der Waals surface area contributed by atoms with Gasteiger partial charge in [0.15, 0.2) is 0 Å². The highest BCUT2D eigenvalue weighted by atomic mass is 16.2. The number of anilines is 3. The Morgan fingerprint density at radius 3 is 2.83 bits per heavy atom. The molecular weight excluding hydrogens is 368 g/mol. The van der Waals surface area contributed by atoms with E-state index in [1.54, 1.807) is 0 Å². The number of benzene rings is 1. The summed E-state index contributed by atoms with van der Waals surface area (Å²) in [6.45, 7) is 2.62. The Hall–Kier alpha value is -3.16. The zero-order valence-electron chi connectivity index (χ0n) is 16.4. The number of amides is 2. The summed E-state index contributed by atoms with van der Waals surface area (Å²) in [6, 6.07) is 9.04. The number of nitrogens with one attached hydrogen (secondary N) is 2. The Bertz CT molecular complexity index is 916. The lowest BCUT2D eigenvalue weighted by Gasteiger charge is -2.35. The molecule has 4 N–H and O–H groups in total. The molecule has 2 aliphatic heterocycles. The first-order chi connectivity index (χ1) is 14.1. The van der Waals surface area contributed by atoms with Crippen molar-refractivity contribution in [1.29, 1.82) is 0 Å². The molecule has 2 aromatic rings. The fourth-order valence-corrected chi connectivity index (χ4v) is 4.12. The lowest BCUT2D eigenvalue weighted by molar-refractivity contribution is 0.0991. The summed E-state index contributed by atoms with van der Waals surface area (Å²) in [5.41, 5.74) is 7.00. The van der Waals surface area contributed by atoms with Crippen molar-refractivity contribution in [2.75, 3.05) is 35.2 Å². The smallest absolute Gasteiger partial charge is 0.267 e. The van der Waals surface area contributed by atoms with Crippen LogP contribution in [0.15, 0.2) is 30.3 Å². The van der Waals surface area contributed by atoms with E-state index in [1.807, 2.05) is 24.3 Å². The molecule has 29 heavy (non-hydrogen) atoms. The molecule has 1 aromatic carbocycles. The van der Waals surface area contributed by atoms with Gasteiger partial charge < -0.3 is 21.3 Å². The summed E-state index contributed by atoms with van der Waals surface area (Å²) in [5.74, 6) is 0.246. The van der Waals surface area contributed by atoms with Crippen LogP contribution in [0, 0.1) is 5.92 Å². The van der Waals surface area contributed by atoms with Crippen LogP contribution in [0.3, 0.4) is 0 Å². The number of nitrogens with zero attached hydrogens (tertiary/aromatic N) is 3. The number of para-hydroxylation sites is 1. The predicted molar refractivity (Wildman–Crippen MR) is 112 cm³/mol. The molecule has 1 unspecified atom stereocenters. The van der Waals surface area contributed by atoms with Crippen molar-refractivity contribution >= 4 is 29.3 Å². The highest BCUT2D eigenvalue weighted by Crippen LogP contribution is 2.29. The molecule has 0 saturated carbocycles. The van der Waals surface area contributed by atoms with Crippen molar-refractivity contribution in [3.63, 3.8) is 0 Å². The fraction of sp³-hybridized carbons (Fsp3) is 0.429. The average molecular weight is 394 g/mol. The number of hydrogen-bond donors (Lipinski definition) is 3. The highest BCUT2D eigenvalue weighted by Gasteiger charge is 2.24. The quantitative estimate of drug-likeness (QED) is 0.685. The molecule has 1 atom stereocenters. The molecule has 1 aromatic heterocycles. The van der Waals surface area contributed by atoms with Crippen LogP contribution >= 0.6 is 0 Å². The summed E-state index contributed by atoms with van der Waals surface area (Å²) in [5, 5.41) is 5.96. The second-order valence-electron chi connectivity index (χ2n) is 7.67. The largest absolute Gasteiger partial charge is 0.371 e. The SMILES string of the molecule is NC(=O)c1cc2nc(n1)NCCCCC1CCCN(C1)c1ccccc1C(=O)N2. The average Bonchev–Trinajstić information content (AvgIpc) is 2.73. The summed E-state index contributed by atoms with van der Waals surface area (Å²) in [7, 11) is 0. The fourth-order valence-electron chi connectivity index (χ4n) is 4.12. The third-order valence-electron chi connectivity index (χ3n) is 5.55. The molecule has 8 heteroatoms. The number of primary amides is 1. The van der Waals surface area contributed by atoms with Crippen LogP contribution in [0.1, 0.15) is 53.0 Å². The Morgan fingerprint density at radius 1 is 1.14 bits per heavy atom. The molecule has 3 heterocycles.